The molecule has 0 unspecified atom stereocenters. The van der Waals surface area contributed by atoms with Gasteiger partial charge in [0, 0.05) is 0 Å². The summed E-state index contributed by atoms with van der Waals surface area (Å²) in [5.41, 5.74) is 0. The molecule has 0 aromatic rings. The van der Waals surface area contributed by atoms with Crippen molar-refractivity contribution in [3.05, 3.63) is 0 Å². The summed E-state index contributed by atoms with van der Waals surface area (Å²) >= 11 is 0. The minimum atomic E-state index is -0.776. The van der Waals surface area contributed by atoms with Crippen molar-refractivity contribution in [1.29, 1.82) is 0 Å². The van der Waals surface area contributed by atoms with Crippen LogP contribution in [0.4, 0.5) is 4.79 Å². The van der Waals surface area contributed by atoms with Crippen molar-refractivity contribution in [1.82, 2.24) is 9.71 Å². The van der Waals surface area contributed by atoms with E-state index in [-0.39, 0.29) is 12.5 Å². The van der Waals surface area contributed by atoms with Gasteiger partial charge in [0.25, 0.3) is 0 Å². The van der Waals surface area contributed by atoms with E-state index in [1.807, 2.05) is 0 Å². The molecule has 1 rings (SSSR count). The summed E-state index contributed by atoms with van der Waals surface area (Å²) in [7, 11) is -0.0781. The van der Waals surface area contributed by atoms with Gasteiger partial charge >= 0.3 is 77.2 Å². The fraction of sp³-hybridized carbons (Fsp3) is 0.833. The van der Waals surface area contributed by atoms with Crippen LogP contribution in [0.25, 0.3) is 0 Å². The monoisotopic (exact) mass is 182 g/mol. The van der Waals surface area contributed by atoms with Gasteiger partial charge in [-0.05, 0) is 0 Å². The molecule has 1 fully saturated rings. The van der Waals surface area contributed by atoms with Crippen molar-refractivity contribution in [3.63, 3.8) is 0 Å². The van der Waals surface area contributed by atoms with E-state index in [0.29, 0.717) is 20.2 Å². The summed E-state index contributed by atoms with van der Waals surface area (Å²) in [5.74, 6) is 0. The fourth-order valence-electron chi connectivity index (χ4n) is 1.41. The molecular weight excluding hydrogens is 170 g/mol. The molecule has 0 radical (unpaired) electrons. The first-order chi connectivity index (χ1) is 6.16. The van der Waals surface area contributed by atoms with Crippen LogP contribution in [0, 0.1) is 0 Å². The van der Waals surface area contributed by atoms with Crippen molar-refractivity contribution in [2.75, 3.05) is 19.5 Å². The van der Waals surface area contributed by atoms with Crippen LogP contribution in [0.15, 0.2) is 0 Å². The van der Waals surface area contributed by atoms with Gasteiger partial charge in [-0.15, -0.1) is 0 Å². The van der Waals surface area contributed by atoms with Crippen molar-refractivity contribution < 1.29 is 14.5 Å². The second kappa shape index (κ2) is 4.41. The van der Waals surface area contributed by atoms with E-state index in [9.17, 15) is 14.5 Å². The predicted molar refractivity (Wildman–Crippen MR) is 48.6 cm³/mol. The number of hydrogen-bond acceptors (Lipinski definition) is 3. The van der Waals surface area contributed by atoms with Crippen LogP contribution in [-0.2, 0) is 4.70 Å². The van der Waals surface area contributed by atoms with E-state index in [0.717, 1.165) is 6.42 Å². The first-order valence-corrected chi connectivity index (χ1v) is 4.34. The van der Waals surface area contributed by atoms with E-state index in [1.165, 1.54) is 9.71 Å². The van der Waals surface area contributed by atoms with Gasteiger partial charge in [0.2, 0.25) is 0 Å². The summed E-state index contributed by atoms with van der Waals surface area (Å²) in [4.78, 5) is 14.3. The molecule has 0 aliphatic carbocycles. The molecule has 1 saturated heterocycles. The molecule has 13 heavy (non-hydrogen) atoms. The molecule has 0 spiro atoms. The van der Waals surface area contributed by atoms with Gasteiger partial charge in [-0.25, -0.2) is 0 Å². The molecule has 0 atom stereocenters. The van der Waals surface area contributed by atoms with Gasteiger partial charge in [-0.2, -0.15) is 0 Å². The second-order valence-electron chi connectivity index (χ2n) is 3.07. The van der Waals surface area contributed by atoms with E-state index in [2.05, 4.69) is 0 Å². The summed E-state index contributed by atoms with van der Waals surface area (Å²) in [6, 6.07) is -0.256. The number of carbonyl (C=O) groups is 1. The molecule has 7 heteroatoms. The Bertz CT molecular complexity index is 212. The van der Waals surface area contributed by atoms with Gasteiger partial charge in [-0.1, -0.05) is 0 Å². The predicted octanol–water partition coefficient (Wildman–Crippen LogP) is -0.768. The zero-order valence-corrected chi connectivity index (χ0v) is 7.64. The van der Waals surface area contributed by atoms with E-state index < -0.39 is 7.05 Å². The van der Waals surface area contributed by atoms with Gasteiger partial charge < -0.3 is 0 Å². The number of urea groups is 1. The van der Waals surface area contributed by atoms with Crippen molar-refractivity contribution in [2.45, 2.75) is 13.2 Å². The van der Waals surface area contributed by atoms with Crippen molar-refractivity contribution in [3.8, 4) is 0 Å². The van der Waals surface area contributed by atoms with Crippen LogP contribution in [0.2, 0.25) is 6.82 Å². The van der Waals surface area contributed by atoms with Crippen molar-refractivity contribution >= 4 is 20.2 Å². The number of rotatable bonds is 3. The van der Waals surface area contributed by atoms with Crippen LogP contribution in [0.1, 0.15) is 6.42 Å². The summed E-state index contributed by atoms with van der Waals surface area (Å²) in [6.45, 7) is 2.70. The van der Waals surface area contributed by atoms with E-state index >= 15 is 0 Å². The third-order valence-corrected chi connectivity index (χ3v) is 2.09. The van der Waals surface area contributed by atoms with Crippen molar-refractivity contribution in [2.24, 2.45) is 0 Å². The number of hydrogen-bond donors (Lipinski definition) is 1. The first-order valence-electron chi connectivity index (χ1n) is 4.34. The average molecular weight is 182 g/mol. The van der Waals surface area contributed by atoms with Crippen LogP contribution in [-0.4, -0.2) is 54.5 Å². The molecule has 1 heterocycles. The second-order valence-corrected chi connectivity index (χ2v) is 3.07. The van der Waals surface area contributed by atoms with Gasteiger partial charge in [0.05, 0.1) is 0 Å². The summed E-state index contributed by atoms with van der Waals surface area (Å²) < 4.78 is 10.2. The molecule has 0 saturated carbocycles. The Balaban J connectivity index is 2.60. The molecule has 0 bridgehead atoms. The zero-order chi connectivity index (χ0) is 9.84. The standard InChI is InChI=1S/C6H12B2N2O3/c1-8(13)10-4-2-3-9(5-7-12)6(10)11/h13H,2-5H2,1H3. The van der Waals surface area contributed by atoms with Gasteiger partial charge in [0.1, 0.15) is 0 Å². The molecule has 0 aromatic heterocycles. The van der Waals surface area contributed by atoms with E-state index in [4.69, 9.17) is 0 Å². The Labute approximate surface area is 78.1 Å². The Morgan fingerprint density at radius 3 is 2.85 bits per heavy atom. The molecule has 70 valence electrons. The molecule has 5 nitrogen and oxygen atoms in total. The first kappa shape index (κ1) is 10.2. The number of carbonyl (C=O) groups excluding carboxylic acids is 1. The molecular formula is C6H12B2N2O3. The number of amides is 2. The Kier molecular flexibility index (Phi) is 3.48. The topological polar surface area (TPSA) is 60.9 Å². The maximum absolute atomic E-state index is 11.5. The average Bonchev–Trinajstić information content (AvgIpc) is 2.08. The quantitative estimate of drug-likeness (QED) is 0.582. The van der Waals surface area contributed by atoms with Crippen LogP contribution in [0.3, 0.4) is 0 Å². The molecule has 2 amide bonds. The molecule has 1 aliphatic heterocycles. The number of nitrogens with zero attached hydrogens (tertiary/aromatic N) is 2. The van der Waals surface area contributed by atoms with Gasteiger partial charge in [0.15, 0.2) is 0 Å². The molecule has 0 aromatic carbocycles. The Morgan fingerprint density at radius 2 is 2.31 bits per heavy atom. The normalized spacial score (nSPS) is 17.2. The Hall–Kier alpha value is -0.840. The summed E-state index contributed by atoms with van der Waals surface area (Å²) in [6.07, 6.45) is 0.909. The van der Waals surface area contributed by atoms with Crippen LogP contribution < -0.4 is 0 Å². The maximum atomic E-state index is 11.5. The minimum absolute atomic E-state index is 0.113. The summed E-state index contributed by atoms with van der Waals surface area (Å²) in [5, 5.41) is 9.22. The Morgan fingerprint density at radius 1 is 1.62 bits per heavy atom. The third kappa shape index (κ3) is 2.30. The fourth-order valence-corrected chi connectivity index (χ4v) is 1.41. The zero-order valence-electron chi connectivity index (χ0n) is 7.64. The third-order valence-electron chi connectivity index (χ3n) is 2.09. The van der Waals surface area contributed by atoms with E-state index in [1.54, 1.807) is 6.82 Å². The van der Waals surface area contributed by atoms with Crippen LogP contribution in [0.5, 0.6) is 0 Å². The molecule has 1 N–H and O–H groups in total. The van der Waals surface area contributed by atoms with Gasteiger partial charge in [-0.3, -0.25) is 0 Å². The van der Waals surface area contributed by atoms with Crippen LogP contribution >= 0.6 is 0 Å². The molecule has 1 aliphatic rings. The SMILES string of the molecule is CB(O)N1CCCN(CB=O)C1=O.